The molecule has 0 saturated carbocycles. The number of amides is 1. The summed E-state index contributed by atoms with van der Waals surface area (Å²) in [5.74, 6) is -0.143. The van der Waals surface area contributed by atoms with E-state index in [1.54, 1.807) is 6.07 Å². The molecule has 1 heterocycles. The van der Waals surface area contributed by atoms with Crippen molar-refractivity contribution < 1.29 is 14.6 Å². The number of carbonyl (C=O) groups is 1. The SMILES string of the molecule is CCC(O)(CC)CNC(=O)c1ccc2c(c1)COC2. The molecule has 1 aromatic carbocycles. The molecule has 104 valence electrons. The van der Waals surface area contributed by atoms with Crippen molar-refractivity contribution in [3.8, 4) is 0 Å². The summed E-state index contributed by atoms with van der Waals surface area (Å²) >= 11 is 0. The van der Waals surface area contributed by atoms with Gasteiger partial charge in [-0.1, -0.05) is 19.9 Å². The molecule has 0 bridgehead atoms. The van der Waals surface area contributed by atoms with E-state index in [0.717, 1.165) is 11.1 Å². The first kappa shape index (κ1) is 14.0. The monoisotopic (exact) mass is 263 g/mol. The van der Waals surface area contributed by atoms with E-state index in [4.69, 9.17) is 4.74 Å². The highest BCUT2D eigenvalue weighted by Crippen LogP contribution is 2.21. The Labute approximate surface area is 113 Å². The Morgan fingerprint density at radius 1 is 1.32 bits per heavy atom. The predicted octanol–water partition coefficient (Wildman–Crippen LogP) is 2.00. The van der Waals surface area contributed by atoms with Crippen molar-refractivity contribution in [3.05, 3.63) is 34.9 Å². The van der Waals surface area contributed by atoms with Crippen LogP contribution in [0.15, 0.2) is 18.2 Å². The summed E-state index contributed by atoms with van der Waals surface area (Å²) in [4.78, 5) is 12.1. The zero-order chi connectivity index (χ0) is 13.9. The lowest BCUT2D eigenvalue weighted by Crippen LogP contribution is -2.42. The van der Waals surface area contributed by atoms with Crippen molar-refractivity contribution >= 4 is 5.91 Å². The molecule has 0 aliphatic carbocycles. The van der Waals surface area contributed by atoms with Crippen LogP contribution < -0.4 is 5.32 Å². The minimum atomic E-state index is -0.810. The minimum Gasteiger partial charge on any atom is -0.388 e. The number of hydrogen-bond donors (Lipinski definition) is 2. The lowest BCUT2D eigenvalue weighted by molar-refractivity contribution is 0.0314. The molecule has 1 aliphatic heterocycles. The fourth-order valence-electron chi connectivity index (χ4n) is 2.16. The molecule has 0 atom stereocenters. The van der Waals surface area contributed by atoms with Crippen LogP contribution in [0.5, 0.6) is 0 Å². The third-order valence-electron chi connectivity index (χ3n) is 3.88. The standard InChI is InChI=1S/C15H21NO3/c1-3-15(18,4-2)10-16-14(17)11-5-6-12-8-19-9-13(12)7-11/h5-7,18H,3-4,8-10H2,1-2H3,(H,16,17). The Hall–Kier alpha value is -1.39. The van der Waals surface area contributed by atoms with Gasteiger partial charge in [0.15, 0.2) is 0 Å². The number of aliphatic hydroxyl groups is 1. The van der Waals surface area contributed by atoms with Gasteiger partial charge in [-0.25, -0.2) is 0 Å². The van der Waals surface area contributed by atoms with Crippen LogP contribution in [0.25, 0.3) is 0 Å². The van der Waals surface area contributed by atoms with Gasteiger partial charge in [-0.05, 0) is 36.1 Å². The quantitative estimate of drug-likeness (QED) is 0.854. The summed E-state index contributed by atoms with van der Waals surface area (Å²) in [6.07, 6.45) is 1.25. The first-order valence-corrected chi connectivity index (χ1v) is 6.78. The summed E-state index contributed by atoms with van der Waals surface area (Å²) in [6.45, 7) is 5.32. The van der Waals surface area contributed by atoms with Gasteiger partial charge in [0.25, 0.3) is 5.91 Å². The van der Waals surface area contributed by atoms with E-state index in [1.165, 1.54) is 0 Å². The number of benzene rings is 1. The molecular weight excluding hydrogens is 242 g/mol. The molecule has 0 spiro atoms. The van der Waals surface area contributed by atoms with E-state index in [0.29, 0.717) is 31.6 Å². The molecule has 0 saturated heterocycles. The molecule has 0 fully saturated rings. The van der Waals surface area contributed by atoms with Crippen LogP contribution in [-0.4, -0.2) is 23.2 Å². The molecule has 1 aromatic rings. The van der Waals surface area contributed by atoms with Crippen LogP contribution in [0.2, 0.25) is 0 Å². The Morgan fingerprint density at radius 3 is 2.68 bits per heavy atom. The lowest BCUT2D eigenvalue weighted by Gasteiger charge is -2.25. The summed E-state index contributed by atoms with van der Waals surface area (Å²) in [5, 5.41) is 12.9. The van der Waals surface area contributed by atoms with Crippen LogP contribution >= 0.6 is 0 Å². The zero-order valence-electron chi connectivity index (χ0n) is 11.5. The maximum absolute atomic E-state index is 12.1. The largest absolute Gasteiger partial charge is 0.388 e. The van der Waals surface area contributed by atoms with Crippen molar-refractivity contribution in [1.29, 1.82) is 0 Å². The maximum atomic E-state index is 12.1. The fraction of sp³-hybridized carbons (Fsp3) is 0.533. The second kappa shape index (κ2) is 5.72. The summed E-state index contributed by atoms with van der Waals surface area (Å²) < 4.78 is 5.33. The zero-order valence-corrected chi connectivity index (χ0v) is 11.5. The molecule has 0 radical (unpaired) electrons. The van der Waals surface area contributed by atoms with Crippen molar-refractivity contribution in [1.82, 2.24) is 5.32 Å². The normalized spacial score (nSPS) is 14.3. The summed E-state index contributed by atoms with van der Waals surface area (Å²) in [7, 11) is 0. The highest BCUT2D eigenvalue weighted by molar-refractivity contribution is 5.94. The van der Waals surface area contributed by atoms with Crippen molar-refractivity contribution in [2.24, 2.45) is 0 Å². The maximum Gasteiger partial charge on any atom is 0.251 e. The summed E-state index contributed by atoms with van der Waals surface area (Å²) in [5.41, 5.74) is 2.04. The number of carbonyl (C=O) groups excluding carboxylic acids is 1. The number of rotatable bonds is 5. The molecule has 2 N–H and O–H groups in total. The van der Waals surface area contributed by atoms with Gasteiger partial charge in [-0.2, -0.15) is 0 Å². The van der Waals surface area contributed by atoms with E-state index >= 15 is 0 Å². The first-order valence-electron chi connectivity index (χ1n) is 6.78. The molecule has 2 rings (SSSR count). The van der Waals surface area contributed by atoms with E-state index in [9.17, 15) is 9.90 Å². The molecule has 4 nitrogen and oxygen atoms in total. The highest BCUT2D eigenvalue weighted by atomic mass is 16.5. The van der Waals surface area contributed by atoms with Crippen LogP contribution in [-0.2, 0) is 18.0 Å². The molecule has 1 aliphatic rings. The Morgan fingerprint density at radius 2 is 2.00 bits per heavy atom. The highest BCUT2D eigenvalue weighted by Gasteiger charge is 2.23. The Balaban J connectivity index is 2.00. The average Bonchev–Trinajstić information content (AvgIpc) is 2.91. The third-order valence-corrected chi connectivity index (χ3v) is 3.88. The van der Waals surface area contributed by atoms with Crippen molar-refractivity contribution in [2.45, 2.75) is 45.5 Å². The van der Waals surface area contributed by atoms with Gasteiger partial charge >= 0.3 is 0 Å². The molecule has 4 heteroatoms. The predicted molar refractivity (Wildman–Crippen MR) is 72.8 cm³/mol. The van der Waals surface area contributed by atoms with Crippen molar-refractivity contribution in [2.75, 3.05) is 6.54 Å². The fourth-order valence-corrected chi connectivity index (χ4v) is 2.16. The van der Waals surface area contributed by atoms with Crippen LogP contribution in [0.4, 0.5) is 0 Å². The first-order chi connectivity index (χ1) is 9.08. The summed E-state index contributed by atoms with van der Waals surface area (Å²) in [6, 6.07) is 5.61. The van der Waals surface area contributed by atoms with E-state index in [-0.39, 0.29) is 12.5 Å². The third kappa shape index (κ3) is 3.14. The smallest absolute Gasteiger partial charge is 0.251 e. The number of ether oxygens (including phenoxy) is 1. The number of nitrogens with one attached hydrogen (secondary N) is 1. The van der Waals surface area contributed by atoms with Gasteiger partial charge < -0.3 is 15.2 Å². The Kier molecular flexibility index (Phi) is 4.22. The molecular formula is C15H21NO3. The van der Waals surface area contributed by atoms with Crippen molar-refractivity contribution in [3.63, 3.8) is 0 Å². The lowest BCUT2D eigenvalue weighted by atomic mass is 9.97. The second-order valence-corrected chi connectivity index (χ2v) is 5.09. The van der Waals surface area contributed by atoms with Gasteiger partial charge in [0.05, 0.1) is 18.8 Å². The molecule has 19 heavy (non-hydrogen) atoms. The van der Waals surface area contributed by atoms with Gasteiger partial charge in [0.1, 0.15) is 0 Å². The van der Waals surface area contributed by atoms with Crippen LogP contribution in [0.1, 0.15) is 48.2 Å². The van der Waals surface area contributed by atoms with Gasteiger partial charge in [-0.3, -0.25) is 4.79 Å². The van der Waals surface area contributed by atoms with Crippen LogP contribution in [0, 0.1) is 0 Å². The van der Waals surface area contributed by atoms with E-state index < -0.39 is 5.60 Å². The topological polar surface area (TPSA) is 58.6 Å². The Bertz CT molecular complexity index is 466. The van der Waals surface area contributed by atoms with Gasteiger partial charge in [0.2, 0.25) is 0 Å². The van der Waals surface area contributed by atoms with Crippen LogP contribution in [0.3, 0.4) is 0 Å². The molecule has 0 unspecified atom stereocenters. The van der Waals surface area contributed by atoms with Gasteiger partial charge in [0, 0.05) is 12.1 Å². The number of fused-ring (bicyclic) bond motifs is 1. The van der Waals surface area contributed by atoms with E-state index in [2.05, 4.69) is 5.32 Å². The number of hydrogen-bond acceptors (Lipinski definition) is 3. The van der Waals surface area contributed by atoms with E-state index in [1.807, 2.05) is 26.0 Å². The van der Waals surface area contributed by atoms with Gasteiger partial charge in [-0.15, -0.1) is 0 Å². The second-order valence-electron chi connectivity index (χ2n) is 5.09. The molecule has 1 amide bonds. The molecule has 0 aromatic heterocycles. The minimum absolute atomic E-state index is 0.143. The average molecular weight is 263 g/mol.